The molecule has 3 aliphatic rings. The van der Waals surface area contributed by atoms with Crippen LogP contribution >= 0.6 is 0 Å². The lowest BCUT2D eigenvalue weighted by molar-refractivity contribution is -0.0661. The summed E-state index contributed by atoms with van der Waals surface area (Å²) in [6.45, 7) is 2.34. The van der Waals surface area contributed by atoms with E-state index in [9.17, 15) is 18.7 Å². The number of rotatable bonds is 3. The Labute approximate surface area is 158 Å². The van der Waals surface area contributed by atoms with Crippen molar-refractivity contribution in [1.82, 2.24) is 9.80 Å². The monoisotopic (exact) mass is 379 g/mol. The van der Waals surface area contributed by atoms with Crippen LogP contribution in [0.4, 0.5) is 8.78 Å². The van der Waals surface area contributed by atoms with Gasteiger partial charge in [0.15, 0.2) is 0 Å². The van der Waals surface area contributed by atoms with Gasteiger partial charge >= 0.3 is 0 Å². The van der Waals surface area contributed by atoms with Crippen molar-refractivity contribution in [3.05, 3.63) is 34.9 Å². The molecule has 2 heterocycles. The van der Waals surface area contributed by atoms with E-state index in [1.807, 2.05) is 11.0 Å². The van der Waals surface area contributed by atoms with Gasteiger partial charge in [0.25, 0.3) is 0 Å². The third-order valence-corrected chi connectivity index (χ3v) is 6.56. The molecule has 1 amide bonds. The number of halogens is 2. The van der Waals surface area contributed by atoms with Crippen LogP contribution in [0, 0.1) is 0 Å². The number of amides is 1. The molecule has 1 atom stereocenters. The van der Waals surface area contributed by atoms with E-state index < -0.39 is 18.1 Å². The highest BCUT2D eigenvalue weighted by Gasteiger charge is 2.40. The molecule has 1 aromatic rings. The van der Waals surface area contributed by atoms with Gasteiger partial charge in [-0.15, -0.1) is 0 Å². The van der Waals surface area contributed by atoms with E-state index >= 15 is 0 Å². The number of aliphatic hydroxyl groups is 1. The van der Waals surface area contributed by atoms with Gasteiger partial charge in [-0.3, -0.25) is 9.69 Å². The van der Waals surface area contributed by atoms with Crippen LogP contribution < -0.4 is 5.73 Å². The number of hydrogen-bond donors (Lipinski definition) is 2. The Balaban J connectivity index is 1.38. The molecule has 148 valence electrons. The fraction of sp³-hybridized carbons (Fsp3) is 0.650. The Morgan fingerprint density at radius 1 is 1.11 bits per heavy atom. The quantitative estimate of drug-likeness (QED) is 0.847. The number of nitrogens with two attached hydrogens (primary N) is 1. The van der Waals surface area contributed by atoms with Crippen LogP contribution in [0.25, 0.3) is 0 Å². The predicted molar refractivity (Wildman–Crippen MR) is 97.3 cm³/mol. The Morgan fingerprint density at radius 3 is 2.41 bits per heavy atom. The topological polar surface area (TPSA) is 69.8 Å². The highest BCUT2D eigenvalue weighted by Crippen LogP contribution is 2.39. The van der Waals surface area contributed by atoms with Crippen molar-refractivity contribution in [2.24, 2.45) is 5.73 Å². The van der Waals surface area contributed by atoms with Crippen molar-refractivity contribution < 1.29 is 18.7 Å². The zero-order valence-electron chi connectivity index (χ0n) is 15.4. The molecule has 5 nitrogen and oxygen atoms in total. The number of aliphatic hydroxyl groups excluding tert-OH is 1. The summed E-state index contributed by atoms with van der Waals surface area (Å²) < 4.78 is 26.8. The maximum absolute atomic E-state index is 13.4. The number of fused-ring (bicyclic) bond motifs is 1. The van der Waals surface area contributed by atoms with E-state index in [0.29, 0.717) is 30.5 Å². The summed E-state index contributed by atoms with van der Waals surface area (Å²) in [5.74, 6) is -3.00. The molecule has 1 aromatic carbocycles. The third-order valence-electron chi connectivity index (χ3n) is 6.56. The zero-order valence-corrected chi connectivity index (χ0v) is 15.4. The van der Waals surface area contributed by atoms with Crippen LogP contribution in [0.3, 0.4) is 0 Å². The number of likely N-dealkylation sites (tertiary alicyclic amines) is 1. The van der Waals surface area contributed by atoms with Gasteiger partial charge in [-0.05, 0) is 50.4 Å². The normalized spacial score (nSPS) is 27.6. The SMILES string of the molecule is NC(=O)c1cccc2c1C(O)N(C1CCN(C3CCC(F)(F)CC3)CC1)C2. The van der Waals surface area contributed by atoms with Crippen LogP contribution in [-0.4, -0.2) is 51.9 Å². The Hall–Kier alpha value is -1.57. The molecule has 0 radical (unpaired) electrons. The van der Waals surface area contributed by atoms with Crippen LogP contribution in [0.15, 0.2) is 18.2 Å². The molecule has 7 heteroatoms. The summed E-state index contributed by atoms with van der Waals surface area (Å²) in [6, 6.07) is 5.87. The highest BCUT2D eigenvalue weighted by molar-refractivity contribution is 5.95. The summed E-state index contributed by atoms with van der Waals surface area (Å²) in [7, 11) is 0. The number of benzene rings is 1. The van der Waals surface area contributed by atoms with Gasteiger partial charge in [0.1, 0.15) is 6.23 Å². The summed E-state index contributed by atoms with van der Waals surface area (Å²) in [4.78, 5) is 16.1. The molecule has 3 N–H and O–H groups in total. The molecule has 0 spiro atoms. The number of nitrogens with zero attached hydrogens (tertiary/aromatic N) is 2. The fourth-order valence-corrected chi connectivity index (χ4v) is 5.02. The van der Waals surface area contributed by atoms with Gasteiger partial charge in [0.2, 0.25) is 11.8 Å². The maximum Gasteiger partial charge on any atom is 0.249 e. The largest absolute Gasteiger partial charge is 0.374 e. The van der Waals surface area contributed by atoms with Crippen molar-refractivity contribution in [2.45, 2.75) is 69.3 Å². The standard InChI is InChI=1S/C20H27F2N3O2/c21-20(22)8-4-14(5-9-20)24-10-6-15(7-11-24)25-12-13-2-1-3-16(18(23)26)17(13)19(25)27/h1-3,14-15,19,27H,4-12H2,(H2,23,26). The van der Waals surface area contributed by atoms with Gasteiger partial charge in [0, 0.05) is 42.6 Å². The maximum atomic E-state index is 13.4. The molecule has 2 aliphatic heterocycles. The lowest BCUT2D eigenvalue weighted by Gasteiger charge is -2.43. The summed E-state index contributed by atoms with van der Waals surface area (Å²) in [5.41, 5.74) is 7.45. The van der Waals surface area contributed by atoms with E-state index in [4.69, 9.17) is 5.73 Å². The van der Waals surface area contributed by atoms with Gasteiger partial charge in [0.05, 0.1) is 0 Å². The van der Waals surface area contributed by atoms with Crippen molar-refractivity contribution in [2.75, 3.05) is 13.1 Å². The minimum Gasteiger partial charge on any atom is -0.374 e. The van der Waals surface area contributed by atoms with E-state index in [0.717, 1.165) is 31.5 Å². The van der Waals surface area contributed by atoms with Crippen molar-refractivity contribution in [1.29, 1.82) is 0 Å². The van der Waals surface area contributed by atoms with Crippen molar-refractivity contribution >= 4 is 5.91 Å². The first-order valence-corrected chi connectivity index (χ1v) is 9.83. The lowest BCUT2D eigenvalue weighted by atomic mass is 9.89. The van der Waals surface area contributed by atoms with Crippen LogP contribution in [0.2, 0.25) is 0 Å². The average Bonchev–Trinajstić information content (AvgIpc) is 2.99. The highest BCUT2D eigenvalue weighted by atomic mass is 19.3. The third kappa shape index (κ3) is 3.60. The minimum atomic E-state index is -2.49. The zero-order chi connectivity index (χ0) is 19.2. The van der Waals surface area contributed by atoms with Crippen LogP contribution in [0.5, 0.6) is 0 Å². The molecule has 1 saturated carbocycles. The number of hydrogen-bond acceptors (Lipinski definition) is 4. The van der Waals surface area contributed by atoms with E-state index in [1.165, 1.54) is 0 Å². The van der Waals surface area contributed by atoms with Crippen molar-refractivity contribution in [3.63, 3.8) is 0 Å². The molecule has 1 aliphatic carbocycles. The molecular weight excluding hydrogens is 352 g/mol. The van der Waals surface area contributed by atoms with Gasteiger partial charge < -0.3 is 15.7 Å². The molecule has 2 fully saturated rings. The molecule has 1 saturated heterocycles. The van der Waals surface area contributed by atoms with E-state index in [2.05, 4.69) is 4.90 Å². The van der Waals surface area contributed by atoms with Gasteiger partial charge in [-0.2, -0.15) is 0 Å². The molecule has 0 aromatic heterocycles. The molecule has 0 bridgehead atoms. The second kappa shape index (κ2) is 7.11. The number of carbonyl (C=O) groups excluding carboxylic acids is 1. The summed E-state index contributed by atoms with van der Waals surface area (Å²) >= 11 is 0. The van der Waals surface area contributed by atoms with Crippen LogP contribution in [-0.2, 0) is 6.54 Å². The first-order valence-electron chi connectivity index (χ1n) is 9.83. The molecule has 4 rings (SSSR count). The van der Waals surface area contributed by atoms with E-state index in [-0.39, 0.29) is 24.9 Å². The Bertz CT molecular complexity index is 709. The predicted octanol–water partition coefficient (Wildman–Crippen LogP) is 2.63. The number of carbonyl (C=O) groups is 1. The average molecular weight is 379 g/mol. The molecular formula is C20H27F2N3O2. The van der Waals surface area contributed by atoms with Crippen LogP contribution in [0.1, 0.15) is 66.2 Å². The lowest BCUT2D eigenvalue weighted by Crippen LogP contribution is -2.49. The second-order valence-corrected chi connectivity index (χ2v) is 8.14. The molecule has 1 unspecified atom stereocenters. The first kappa shape index (κ1) is 18.8. The Kier molecular flexibility index (Phi) is 4.94. The van der Waals surface area contributed by atoms with Crippen molar-refractivity contribution in [3.8, 4) is 0 Å². The number of piperidine rings is 1. The molecule has 27 heavy (non-hydrogen) atoms. The van der Waals surface area contributed by atoms with E-state index in [1.54, 1.807) is 12.1 Å². The minimum absolute atomic E-state index is 0.00631. The van der Waals surface area contributed by atoms with Gasteiger partial charge in [-0.25, -0.2) is 8.78 Å². The number of primary amides is 1. The second-order valence-electron chi connectivity index (χ2n) is 8.14. The summed E-state index contributed by atoms with van der Waals surface area (Å²) in [6.07, 6.45) is 2.10. The number of alkyl halides is 2. The van der Waals surface area contributed by atoms with Gasteiger partial charge in [-0.1, -0.05) is 12.1 Å². The fourth-order valence-electron chi connectivity index (χ4n) is 5.02. The summed E-state index contributed by atoms with van der Waals surface area (Å²) in [5, 5.41) is 10.8. The Morgan fingerprint density at radius 2 is 1.78 bits per heavy atom. The smallest absolute Gasteiger partial charge is 0.249 e. The first-order chi connectivity index (χ1) is 12.9.